The van der Waals surface area contributed by atoms with Crippen molar-refractivity contribution in [2.75, 3.05) is 19.7 Å². The molecule has 0 saturated heterocycles. The van der Waals surface area contributed by atoms with Gasteiger partial charge in [-0.15, -0.1) is 0 Å². The normalized spacial score (nSPS) is 12.6. The van der Waals surface area contributed by atoms with E-state index < -0.39 is 107 Å². The molecule has 53 heavy (non-hydrogen) atoms. The van der Waals surface area contributed by atoms with E-state index in [0.717, 1.165) is 0 Å². The lowest BCUT2D eigenvalue weighted by Gasteiger charge is -2.23. The molecule has 2 unspecified atom stereocenters. The number of guanidine groups is 2. The van der Waals surface area contributed by atoms with Gasteiger partial charge < -0.3 is 23.7 Å². The van der Waals surface area contributed by atoms with Crippen molar-refractivity contribution in [2.45, 2.75) is 119 Å². The van der Waals surface area contributed by atoms with E-state index in [4.69, 9.17) is 40.2 Å². The van der Waals surface area contributed by atoms with E-state index in [1.54, 1.807) is 83.1 Å². The minimum Gasteiger partial charge on any atom is -0.453 e. The number of nitrogens with one attached hydrogen (secondary N) is 4. The summed E-state index contributed by atoms with van der Waals surface area (Å²) in [5.41, 5.74) is -4.78. The number of carbonyl (C=O) groups excluding carboxylic acids is 7. The largest absolute Gasteiger partial charge is 0.453 e. The molecule has 2 atom stereocenters. The average molecular weight is 781 g/mol. The molecule has 21 heteroatoms. The van der Waals surface area contributed by atoms with Gasteiger partial charge in [-0.05, 0) is 83.1 Å². The predicted octanol–water partition coefficient (Wildman–Crippen LogP) is 4.82. The van der Waals surface area contributed by atoms with Crippen LogP contribution in [-0.4, -0.2) is 95.8 Å². The zero-order valence-corrected chi connectivity index (χ0v) is 33.2. The van der Waals surface area contributed by atoms with Crippen LogP contribution < -0.4 is 21.3 Å². The monoisotopic (exact) mass is 780 g/mol. The molecule has 4 amide bonds. The van der Waals surface area contributed by atoms with Gasteiger partial charge in [0.2, 0.25) is 11.9 Å². The Kier molecular flexibility index (Phi) is 19.0. The quantitative estimate of drug-likeness (QED) is 0.0611. The van der Waals surface area contributed by atoms with E-state index in [9.17, 15) is 33.6 Å². The van der Waals surface area contributed by atoms with E-state index >= 15 is 0 Å². The van der Waals surface area contributed by atoms with Crippen LogP contribution in [0.15, 0.2) is 9.98 Å². The SMILES string of the molecule is CC(COC(=O)Cl)C(CN=C(NC(=O)OC(C)(C)C)NC(=O)OC(C)(C)C)C(=O)OOC(=O)CCN=C(NC(=O)OC(C)(C)C)NC(=O)OC(C)(C)C. The minimum atomic E-state index is -1.32. The van der Waals surface area contributed by atoms with Crippen LogP contribution in [0.3, 0.4) is 0 Å². The molecule has 0 aromatic carbocycles. The first kappa shape index (κ1) is 48.1. The van der Waals surface area contributed by atoms with Crippen LogP contribution in [0, 0.1) is 11.8 Å². The van der Waals surface area contributed by atoms with E-state index in [0.29, 0.717) is 0 Å². The first-order valence-corrected chi connectivity index (χ1v) is 16.6. The van der Waals surface area contributed by atoms with Gasteiger partial charge in [-0.25, -0.2) is 43.3 Å². The molecule has 0 heterocycles. The molecule has 0 fully saturated rings. The Bertz CT molecular complexity index is 1310. The van der Waals surface area contributed by atoms with Gasteiger partial charge in [-0.3, -0.25) is 31.3 Å². The summed E-state index contributed by atoms with van der Waals surface area (Å²) in [6.07, 6.45) is -4.44. The lowest BCUT2D eigenvalue weighted by Crippen LogP contribution is -2.47. The summed E-state index contributed by atoms with van der Waals surface area (Å²) in [5.74, 6) is -5.35. The molecule has 302 valence electrons. The number of ether oxygens (including phenoxy) is 5. The molecule has 4 N–H and O–H groups in total. The Balaban J connectivity index is 5.94. The zero-order valence-electron chi connectivity index (χ0n) is 32.5. The Morgan fingerprint density at radius 3 is 1.28 bits per heavy atom. The second kappa shape index (κ2) is 21.0. The fraction of sp³-hybridized carbons (Fsp3) is 0.719. The molecule has 0 spiro atoms. The highest BCUT2D eigenvalue weighted by atomic mass is 35.5. The number of rotatable bonds is 9. The summed E-state index contributed by atoms with van der Waals surface area (Å²) < 4.78 is 25.5. The maximum atomic E-state index is 13.1. The minimum absolute atomic E-state index is 0.386. The average Bonchev–Trinajstić information content (AvgIpc) is 2.90. The molecular weight excluding hydrogens is 728 g/mol. The van der Waals surface area contributed by atoms with Crippen LogP contribution in [0.2, 0.25) is 0 Å². The van der Waals surface area contributed by atoms with E-state index in [-0.39, 0.29) is 6.54 Å². The molecule has 0 aliphatic rings. The van der Waals surface area contributed by atoms with Crippen molar-refractivity contribution in [1.82, 2.24) is 21.3 Å². The third kappa shape index (κ3) is 26.5. The summed E-state index contributed by atoms with van der Waals surface area (Å²) in [6, 6.07) is 0. The Morgan fingerprint density at radius 2 is 0.943 bits per heavy atom. The molecule has 0 aliphatic heterocycles. The second-order valence-electron chi connectivity index (χ2n) is 15.2. The van der Waals surface area contributed by atoms with Gasteiger partial charge in [-0.1, -0.05) is 6.92 Å². The summed E-state index contributed by atoms with van der Waals surface area (Å²) in [6.45, 7) is 19.4. The highest BCUT2D eigenvalue weighted by Gasteiger charge is 2.31. The number of hydrogen-bond acceptors (Lipinski definition) is 16. The van der Waals surface area contributed by atoms with Crippen molar-refractivity contribution >= 4 is 65.3 Å². The molecule has 0 rings (SSSR count). The summed E-state index contributed by atoms with van der Waals surface area (Å²) in [5, 5.41) is 8.99. The van der Waals surface area contributed by atoms with Crippen molar-refractivity contribution in [3.05, 3.63) is 0 Å². The standard InChI is InChI=1S/C32H53ClN6O14/c1-18(17-47-22(33)42)19(16-35-24(38-27(45)50-31(8,9)10)39-28(46)51-32(11,12)13)21(41)53-52-20(40)14-15-34-23(36-25(43)48-29(2,3)4)37-26(44)49-30(5,6)7/h18-19H,14-17H2,1-13H3,(H2,34,36,37,43,44)(H2,35,38,39,45,46). The van der Waals surface area contributed by atoms with Crippen molar-refractivity contribution in [1.29, 1.82) is 0 Å². The maximum absolute atomic E-state index is 13.1. The zero-order chi connectivity index (χ0) is 41.4. The van der Waals surface area contributed by atoms with Gasteiger partial charge in [0, 0.05) is 17.5 Å². The summed E-state index contributed by atoms with van der Waals surface area (Å²) >= 11 is 5.27. The van der Waals surface area contributed by atoms with Gasteiger partial charge in [0.1, 0.15) is 22.4 Å². The van der Waals surface area contributed by atoms with Crippen LogP contribution >= 0.6 is 11.6 Å². The van der Waals surface area contributed by atoms with E-state index in [1.165, 1.54) is 6.92 Å². The molecule has 0 bridgehead atoms. The fourth-order valence-corrected chi connectivity index (χ4v) is 3.32. The fourth-order valence-electron chi connectivity index (χ4n) is 3.26. The first-order chi connectivity index (χ1) is 23.9. The van der Waals surface area contributed by atoms with Crippen molar-refractivity contribution in [2.24, 2.45) is 21.8 Å². The van der Waals surface area contributed by atoms with Gasteiger partial charge in [-0.2, -0.15) is 0 Å². The molecule has 0 radical (unpaired) electrons. The number of nitrogens with zero attached hydrogens (tertiary/aromatic N) is 2. The lowest BCUT2D eigenvalue weighted by atomic mass is 9.95. The summed E-state index contributed by atoms with van der Waals surface area (Å²) in [7, 11) is 0. The number of alkyl carbamates (subject to hydrolysis) is 4. The smallest absolute Gasteiger partial charge is 0.414 e. The van der Waals surface area contributed by atoms with Gasteiger partial charge in [0.05, 0.1) is 32.0 Å². The maximum Gasteiger partial charge on any atom is 0.414 e. The van der Waals surface area contributed by atoms with Gasteiger partial charge >= 0.3 is 41.7 Å². The van der Waals surface area contributed by atoms with Gasteiger partial charge in [0.15, 0.2) is 0 Å². The number of hydrogen-bond donors (Lipinski definition) is 4. The van der Waals surface area contributed by atoms with Crippen LogP contribution in [-0.2, 0) is 43.0 Å². The topological polar surface area (TPSA) is 257 Å². The number of halogens is 1. The molecule has 0 aliphatic carbocycles. The van der Waals surface area contributed by atoms with Crippen molar-refractivity contribution in [3.8, 4) is 0 Å². The highest BCUT2D eigenvalue weighted by molar-refractivity contribution is 6.61. The Morgan fingerprint density at radius 1 is 0.585 bits per heavy atom. The van der Waals surface area contributed by atoms with Crippen molar-refractivity contribution in [3.63, 3.8) is 0 Å². The Labute approximate surface area is 313 Å². The van der Waals surface area contributed by atoms with Crippen LogP contribution in [0.25, 0.3) is 0 Å². The first-order valence-electron chi connectivity index (χ1n) is 16.3. The number of aliphatic imine (C=N–C) groups is 2. The third-order valence-corrected chi connectivity index (χ3v) is 5.28. The third-order valence-electron chi connectivity index (χ3n) is 5.18. The van der Waals surface area contributed by atoms with Crippen LogP contribution in [0.5, 0.6) is 0 Å². The van der Waals surface area contributed by atoms with Crippen molar-refractivity contribution < 1.29 is 67.0 Å². The van der Waals surface area contributed by atoms with Crippen LogP contribution in [0.4, 0.5) is 24.0 Å². The molecular formula is C32H53ClN6O14. The second-order valence-corrected chi connectivity index (χ2v) is 15.5. The highest BCUT2D eigenvalue weighted by Crippen LogP contribution is 2.17. The molecule has 0 aromatic heterocycles. The van der Waals surface area contributed by atoms with Crippen LogP contribution in [0.1, 0.15) is 96.4 Å². The number of carbonyl (C=O) groups is 7. The number of amides is 4. The lowest BCUT2D eigenvalue weighted by molar-refractivity contribution is -0.263. The van der Waals surface area contributed by atoms with E-state index in [1.807, 2.05) is 0 Å². The summed E-state index contributed by atoms with van der Waals surface area (Å²) in [4.78, 5) is 104. The predicted molar refractivity (Wildman–Crippen MR) is 189 cm³/mol. The van der Waals surface area contributed by atoms with Gasteiger partial charge in [0.25, 0.3) is 0 Å². The molecule has 20 nitrogen and oxygen atoms in total. The molecule has 0 aromatic rings. The molecule has 0 saturated carbocycles. The Hall–Kier alpha value is -4.88. The van der Waals surface area contributed by atoms with E-state index in [2.05, 4.69) is 36.1 Å².